The molecule has 32 heavy (non-hydrogen) atoms. The first-order chi connectivity index (χ1) is 15.7. The normalized spacial score (nSPS) is 11.6. The summed E-state index contributed by atoms with van der Waals surface area (Å²) < 4.78 is 33.6. The second-order valence-electron chi connectivity index (χ2n) is 7.13. The van der Waals surface area contributed by atoms with Crippen LogP contribution in [-0.4, -0.2) is 13.2 Å². The van der Waals surface area contributed by atoms with Crippen LogP contribution in [0, 0.1) is 0 Å². The third kappa shape index (κ3) is 2.92. The Balaban J connectivity index is 1.33. The highest BCUT2D eigenvalue weighted by Gasteiger charge is 2.17. The van der Waals surface area contributed by atoms with Gasteiger partial charge in [-0.2, -0.15) is 0 Å². The molecule has 8 heteroatoms. The van der Waals surface area contributed by atoms with Crippen LogP contribution >= 0.6 is 0 Å². The number of hydrogen-bond donors (Lipinski definition) is 0. The maximum atomic E-state index is 11.8. The van der Waals surface area contributed by atoms with E-state index in [1.807, 2.05) is 12.1 Å². The zero-order chi connectivity index (χ0) is 21.7. The lowest BCUT2D eigenvalue weighted by Gasteiger charge is -2.11. The summed E-state index contributed by atoms with van der Waals surface area (Å²) in [5.74, 6) is 0.632. The van der Waals surface area contributed by atoms with Crippen LogP contribution in [0.2, 0.25) is 0 Å². The standard InChI is InChI=1S/C24H14O8/c25-17-3-1-13-11-15-5-7-27-19(15)23(21(13)31-17)29-9-10-30-24-20-16(6-8-28-20)12-14-2-4-18(26)32-22(14)24/h1-8,11-12H,9-10H2. The molecule has 0 aliphatic rings. The smallest absolute Gasteiger partial charge is 0.336 e. The minimum absolute atomic E-state index is 0.100. The highest BCUT2D eigenvalue weighted by atomic mass is 16.5. The first kappa shape index (κ1) is 18.3. The van der Waals surface area contributed by atoms with Crippen molar-refractivity contribution in [3.8, 4) is 11.5 Å². The second-order valence-corrected chi connectivity index (χ2v) is 7.13. The minimum atomic E-state index is -0.490. The fraction of sp³-hybridized carbons (Fsp3) is 0.0833. The van der Waals surface area contributed by atoms with Crippen molar-refractivity contribution in [2.45, 2.75) is 0 Å². The molecule has 4 heterocycles. The van der Waals surface area contributed by atoms with Gasteiger partial charge in [-0.05, 0) is 36.4 Å². The molecular weight excluding hydrogens is 416 g/mol. The highest BCUT2D eigenvalue weighted by Crippen LogP contribution is 2.36. The summed E-state index contributed by atoms with van der Waals surface area (Å²) >= 11 is 0. The molecular formula is C24H14O8. The Bertz CT molecular complexity index is 1600. The van der Waals surface area contributed by atoms with Crippen molar-refractivity contribution in [1.29, 1.82) is 0 Å². The molecule has 2 aromatic carbocycles. The molecule has 6 aromatic rings. The van der Waals surface area contributed by atoms with Crippen molar-refractivity contribution in [1.82, 2.24) is 0 Å². The Morgan fingerprint density at radius 2 is 1.00 bits per heavy atom. The molecule has 0 saturated heterocycles. The molecule has 0 aliphatic heterocycles. The monoisotopic (exact) mass is 430 g/mol. The van der Waals surface area contributed by atoms with E-state index in [1.54, 1.807) is 24.3 Å². The van der Waals surface area contributed by atoms with Crippen molar-refractivity contribution in [3.63, 3.8) is 0 Å². The van der Waals surface area contributed by atoms with Gasteiger partial charge in [0.25, 0.3) is 0 Å². The van der Waals surface area contributed by atoms with Crippen LogP contribution in [-0.2, 0) is 0 Å². The Morgan fingerprint density at radius 3 is 1.47 bits per heavy atom. The number of rotatable bonds is 5. The van der Waals surface area contributed by atoms with Gasteiger partial charge in [0, 0.05) is 33.7 Å². The summed E-state index contributed by atoms with van der Waals surface area (Å²) in [6.07, 6.45) is 3.08. The van der Waals surface area contributed by atoms with Crippen LogP contribution in [0.5, 0.6) is 11.5 Å². The molecule has 0 bridgehead atoms. The van der Waals surface area contributed by atoms with Crippen molar-refractivity contribution in [3.05, 3.63) is 81.9 Å². The number of fused-ring (bicyclic) bond motifs is 4. The minimum Gasteiger partial charge on any atom is -0.483 e. The molecule has 158 valence electrons. The Labute approximate surface area is 178 Å². The van der Waals surface area contributed by atoms with Gasteiger partial charge in [-0.25, -0.2) is 9.59 Å². The Kier molecular flexibility index (Phi) is 4.04. The van der Waals surface area contributed by atoms with Crippen LogP contribution in [0.1, 0.15) is 0 Å². The number of benzene rings is 2. The van der Waals surface area contributed by atoms with Crippen LogP contribution in [0.4, 0.5) is 0 Å². The lowest BCUT2D eigenvalue weighted by atomic mass is 10.1. The van der Waals surface area contributed by atoms with Crippen LogP contribution in [0.15, 0.2) is 88.3 Å². The number of furan rings is 2. The van der Waals surface area contributed by atoms with Crippen molar-refractivity contribution >= 4 is 43.9 Å². The molecule has 0 fully saturated rings. The zero-order valence-electron chi connectivity index (χ0n) is 16.5. The number of hydrogen-bond acceptors (Lipinski definition) is 8. The number of ether oxygens (including phenoxy) is 2. The predicted octanol–water partition coefficient (Wildman–Crippen LogP) is 4.85. The van der Waals surface area contributed by atoms with E-state index in [0.29, 0.717) is 44.6 Å². The van der Waals surface area contributed by atoms with Gasteiger partial charge in [0.15, 0.2) is 22.3 Å². The van der Waals surface area contributed by atoms with Gasteiger partial charge in [-0.1, -0.05) is 0 Å². The first-order valence-corrected chi connectivity index (χ1v) is 9.81. The van der Waals surface area contributed by atoms with E-state index in [2.05, 4.69) is 0 Å². The van der Waals surface area contributed by atoms with E-state index in [4.69, 9.17) is 27.1 Å². The third-order valence-electron chi connectivity index (χ3n) is 5.14. The lowest BCUT2D eigenvalue weighted by molar-refractivity contribution is 0.217. The SMILES string of the molecule is O=c1ccc2cc3ccoc3c(OCCOc3c4occc4cc4ccc(=O)oc34)c2o1. The van der Waals surface area contributed by atoms with Gasteiger partial charge in [0.1, 0.15) is 13.2 Å². The van der Waals surface area contributed by atoms with E-state index in [9.17, 15) is 9.59 Å². The molecule has 6 rings (SSSR count). The first-order valence-electron chi connectivity index (χ1n) is 9.81. The van der Waals surface area contributed by atoms with Gasteiger partial charge in [-0.3, -0.25) is 0 Å². The van der Waals surface area contributed by atoms with E-state index >= 15 is 0 Å². The average molecular weight is 430 g/mol. The molecule has 0 radical (unpaired) electrons. The van der Waals surface area contributed by atoms with Gasteiger partial charge in [-0.15, -0.1) is 0 Å². The molecule has 0 saturated carbocycles. The van der Waals surface area contributed by atoms with Crippen molar-refractivity contribution in [2.24, 2.45) is 0 Å². The fourth-order valence-corrected chi connectivity index (χ4v) is 3.76. The van der Waals surface area contributed by atoms with Gasteiger partial charge in [0.05, 0.1) is 12.5 Å². The largest absolute Gasteiger partial charge is 0.483 e. The summed E-state index contributed by atoms with van der Waals surface area (Å²) in [5.41, 5.74) is 0.549. The molecule has 0 atom stereocenters. The summed E-state index contributed by atoms with van der Waals surface area (Å²) in [4.78, 5) is 23.5. The van der Waals surface area contributed by atoms with E-state index in [-0.39, 0.29) is 13.2 Å². The molecule has 0 unspecified atom stereocenters. The highest BCUT2D eigenvalue weighted by molar-refractivity contribution is 6.00. The zero-order valence-corrected chi connectivity index (χ0v) is 16.5. The van der Waals surface area contributed by atoms with Crippen molar-refractivity contribution < 1.29 is 27.1 Å². The maximum absolute atomic E-state index is 11.8. The summed E-state index contributed by atoms with van der Waals surface area (Å²) in [7, 11) is 0. The molecule has 8 nitrogen and oxygen atoms in total. The Hall–Kier alpha value is -4.46. The van der Waals surface area contributed by atoms with E-state index < -0.39 is 11.3 Å². The summed E-state index contributed by atoms with van der Waals surface area (Å²) in [6.45, 7) is 0.201. The van der Waals surface area contributed by atoms with Crippen LogP contribution in [0.25, 0.3) is 43.9 Å². The van der Waals surface area contributed by atoms with Crippen molar-refractivity contribution in [2.75, 3.05) is 13.2 Å². The third-order valence-corrected chi connectivity index (χ3v) is 5.14. The average Bonchev–Trinajstić information content (AvgIpc) is 3.45. The molecule has 4 aromatic heterocycles. The Morgan fingerprint density at radius 1 is 0.562 bits per heavy atom. The van der Waals surface area contributed by atoms with Gasteiger partial charge in [0.2, 0.25) is 11.5 Å². The second kappa shape index (κ2) is 7.05. The van der Waals surface area contributed by atoms with Crippen LogP contribution < -0.4 is 20.7 Å². The van der Waals surface area contributed by atoms with Gasteiger partial charge >= 0.3 is 11.3 Å². The predicted molar refractivity (Wildman–Crippen MR) is 116 cm³/mol. The molecule has 0 spiro atoms. The summed E-state index contributed by atoms with van der Waals surface area (Å²) in [6, 6.07) is 13.3. The molecule has 0 N–H and O–H groups in total. The topological polar surface area (TPSA) is 105 Å². The van der Waals surface area contributed by atoms with E-state index in [1.165, 1.54) is 24.7 Å². The van der Waals surface area contributed by atoms with Crippen LogP contribution in [0.3, 0.4) is 0 Å². The maximum Gasteiger partial charge on any atom is 0.336 e. The van der Waals surface area contributed by atoms with E-state index in [0.717, 1.165) is 10.8 Å². The molecule has 0 amide bonds. The fourth-order valence-electron chi connectivity index (χ4n) is 3.76. The van der Waals surface area contributed by atoms with Gasteiger partial charge < -0.3 is 27.1 Å². The lowest BCUT2D eigenvalue weighted by Crippen LogP contribution is -2.10. The quantitative estimate of drug-likeness (QED) is 0.282. The molecule has 0 aliphatic carbocycles. The summed E-state index contributed by atoms with van der Waals surface area (Å²) in [5, 5.41) is 3.05.